The Labute approximate surface area is 162 Å². The van der Waals surface area contributed by atoms with Crippen LogP contribution in [0.1, 0.15) is 32.6 Å². The Kier molecular flexibility index (Phi) is 6.40. The lowest BCUT2D eigenvalue weighted by atomic mass is 10.2. The van der Waals surface area contributed by atoms with Crippen molar-refractivity contribution in [2.24, 2.45) is 0 Å². The maximum absolute atomic E-state index is 12.7. The molecule has 0 unspecified atom stereocenters. The highest BCUT2D eigenvalue weighted by Gasteiger charge is 2.29. The SMILES string of the molecule is C[C@H](Oc1ccccc1)C(=O)Nc1nnc(S(=O)(=O)N2CCCCCC2)s1. The summed E-state index contributed by atoms with van der Waals surface area (Å²) >= 11 is 0.853. The van der Waals surface area contributed by atoms with Crippen molar-refractivity contribution in [2.45, 2.75) is 43.1 Å². The van der Waals surface area contributed by atoms with E-state index in [-0.39, 0.29) is 9.47 Å². The fourth-order valence-electron chi connectivity index (χ4n) is 2.72. The fraction of sp³-hybridized carbons (Fsp3) is 0.471. The Morgan fingerprint density at radius 3 is 2.48 bits per heavy atom. The molecule has 1 aliphatic rings. The van der Waals surface area contributed by atoms with Crippen molar-refractivity contribution in [1.29, 1.82) is 0 Å². The number of para-hydroxylation sites is 1. The number of hydrogen-bond acceptors (Lipinski definition) is 7. The molecule has 27 heavy (non-hydrogen) atoms. The molecule has 10 heteroatoms. The molecule has 146 valence electrons. The van der Waals surface area contributed by atoms with E-state index in [9.17, 15) is 13.2 Å². The standard InChI is InChI=1S/C17H22N4O4S2/c1-13(25-14-9-5-4-6-10-14)15(22)18-16-19-20-17(26-16)27(23,24)21-11-7-2-3-8-12-21/h4-6,9-10,13H,2-3,7-8,11-12H2,1H3,(H,18,19,22)/t13-/m0/s1. The van der Waals surface area contributed by atoms with Crippen LogP contribution in [0.25, 0.3) is 0 Å². The average molecular weight is 411 g/mol. The van der Waals surface area contributed by atoms with Gasteiger partial charge in [0.05, 0.1) is 0 Å². The highest BCUT2D eigenvalue weighted by molar-refractivity contribution is 7.91. The summed E-state index contributed by atoms with van der Waals surface area (Å²) in [5.74, 6) is 0.149. The van der Waals surface area contributed by atoms with Crippen LogP contribution in [-0.2, 0) is 14.8 Å². The number of rotatable bonds is 6. The Balaban J connectivity index is 1.63. The molecule has 0 saturated carbocycles. The summed E-state index contributed by atoms with van der Waals surface area (Å²) in [6.45, 7) is 2.59. The van der Waals surface area contributed by atoms with Gasteiger partial charge in [0.25, 0.3) is 15.9 Å². The van der Waals surface area contributed by atoms with Crippen molar-refractivity contribution in [1.82, 2.24) is 14.5 Å². The minimum absolute atomic E-state index is 0.101. The normalized spacial score (nSPS) is 17.1. The predicted octanol–water partition coefficient (Wildman–Crippen LogP) is 2.51. The molecule has 2 aromatic rings. The number of carbonyl (C=O) groups is 1. The Bertz CT molecular complexity index is 862. The lowest BCUT2D eigenvalue weighted by molar-refractivity contribution is -0.122. The molecular weight excluding hydrogens is 388 g/mol. The summed E-state index contributed by atoms with van der Waals surface area (Å²) in [6, 6.07) is 8.97. The second kappa shape index (κ2) is 8.77. The first-order valence-corrected chi connectivity index (χ1v) is 11.1. The summed E-state index contributed by atoms with van der Waals surface area (Å²) in [4.78, 5) is 12.3. The van der Waals surface area contributed by atoms with Crippen LogP contribution in [0.3, 0.4) is 0 Å². The molecule has 1 aromatic heterocycles. The van der Waals surface area contributed by atoms with Gasteiger partial charge in [-0.05, 0) is 31.9 Å². The molecular formula is C17H22N4O4S2. The minimum Gasteiger partial charge on any atom is -0.481 e. The van der Waals surface area contributed by atoms with Crippen molar-refractivity contribution in [3.05, 3.63) is 30.3 Å². The van der Waals surface area contributed by atoms with Gasteiger partial charge < -0.3 is 4.74 Å². The van der Waals surface area contributed by atoms with E-state index >= 15 is 0 Å². The van der Waals surface area contributed by atoms with Gasteiger partial charge in [0.15, 0.2) is 6.10 Å². The summed E-state index contributed by atoms with van der Waals surface area (Å²) in [6.07, 6.45) is 2.99. The number of benzene rings is 1. The van der Waals surface area contributed by atoms with E-state index in [1.165, 1.54) is 4.31 Å². The molecule has 2 heterocycles. The number of hydrogen-bond donors (Lipinski definition) is 1. The molecule has 1 atom stereocenters. The molecule has 0 bridgehead atoms. The lowest BCUT2D eigenvalue weighted by Crippen LogP contribution is -2.31. The molecule has 8 nitrogen and oxygen atoms in total. The molecule has 1 fully saturated rings. The number of ether oxygens (including phenoxy) is 1. The third-order valence-electron chi connectivity index (χ3n) is 4.19. The lowest BCUT2D eigenvalue weighted by Gasteiger charge is -2.17. The molecule has 1 saturated heterocycles. The number of amides is 1. The van der Waals surface area contributed by atoms with Gasteiger partial charge in [0.1, 0.15) is 5.75 Å². The summed E-state index contributed by atoms with van der Waals surface area (Å²) in [7, 11) is -3.67. The van der Waals surface area contributed by atoms with Crippen molar-refractivity contribution in [3.63, 3.8) is 0 Å². The van der Waals surface area contributed by atoms with Gasteiger partial charge in [0.2, 0.25) is 9.47 Å². The van der Waals surface area contributed by atoms with Crippen LogP contribution in [0.15, 0.2) is 34.7 Å². The smallest absolute Gasteiger partial charge is 0.272 e. The molecule has 0 radical (unpaired) electrons. The molecule has 1 amide bonds. The van der Waals surface area contributed by atoms with E-state index in [4.69, 9.17) is 4.74 Å². The highest BCUT2D eigenvalue weighted by Crippen LogP contribution is 2.25. The van der Waals surface area contributed by atoms with Crippen LogP contribution >= 0.6 is 11.3 Å². The van der Waals surface area contributed by atoms with E-state index in [0.717, 1.165) is 37.0 Å². The Morgan fingerprint density at radius 2 is 1.81 bits per heavy atom. The minimum atomic E-state index is -3.67. The second-order valence-electron chi connectivity index (χ2n) is 6.25. The molecule has 0 spiro atoms. The van der Waals surface area contributed by atoms with E-state index in [0.29, 0.717) is 18.8 Å². The van der Waals surface area contributed by atoms with Gasteiger partial charge in [-0.15, -0.1) is 10.2 Å². The van der Waals surface area contributed by atoms with Gasteiger partial charge in [-0.25, -0.2) is 8.42 Å². The summed E-state index contributed by atoms with van der Waals surface area (Å²) in [5.41, 5.74) is 0. The van der Waals surface area contributed by atoms with E-state index in [1.807, 2.05) is 18.2 Å². The molecule has 1 aliphatic heterocycles. The van der Waals surface area contributed by atoms with Crippen LogP contribution in [0.4, 0.5) is 5.13 Å². The maximum atomic E-state index is 12.7. The molecule has 1 aromatic carbocycles. The number of nitrogens with zero attached hydrogens (tertiary/aromatic N) is 3. The summed E-state index contributed by atoms with van der Waals surface area (Å²) in [5, 5.41) is 10.3. The van der Waals surface area contributed by atoms with Gasteiger partial charge in [-0.3, -0.25) is 10.1 Å². The first-order valence-electron chi connectivity index (χ1n) is 8.83. The van der Waals surface area contributed by atoms with E-state index < -0.39 is 22.0 Å². The van der Waals surface area contributed by atoms with Gasteiger partial charge in [-0.1, -0.05) is 42.4 Å². The topological polar surface area (TPSA) is 101 Å². The maximum Gasteiger partial charge on any atom is 0.272 e. The molecule has 1 N–H and O–H groups in total. The Morgan fingerprint density at radius 1 is 1.15 bits per heavy atom. The van der Waals surface area contributed by atoms with Gasteiger partial charge >= 0.3 is 0 Å². The predicted molar refractivity (Wildman–Crippen MR) is 102 cm³/mol. The zero-order valence-electron chi connectivity index (χ0n) is 15.0. The first-order chi connectivity index (χ1) is 13.0. The van der Waals surface area contributed by atoms with Gasteiger partial charge in [-0.2, -0.15) is 4.31 Å². The fourth-order valence-corrected chi connectivity index (χ4v) is 5.28. The van der Waals surface area contributed by atoms with Crippen molar-refractivity contribution in [3.8, 4) is 5.75 Å². The van der Waals surface area contributed by atoms with E-state index in [1.54, 1.807) is 19.1 Å². The van der Waals surface area contributed by atoms with Gasteiger partial charge in [0, 0.05) is 13.1 Å². The van der Waals surface area contributed by atoms with Crippen LogP contribution < -0.4 is 10.1 Å². The van der Waals surface area contributed by atoms with Crippen LogP contribution in [-0.4, -0.2) is 48.0 Å². The molecule has 0 aliphatic carbocycles. The third-order valence-corrected chi connectivity index (χ3v) is 7.27. The monoisotopic (exact) mass is 410 g/mol. The number of carbonyl (C=O) groups excluding carboxylic acids is 1. The second-order valence-corrected chi connectivity index (χ2v) is 9.34. The average Bonchev–Trinajstić information content (AvgIpc) is 2.95. The van der Waals surface area contributed by atoms with Crippen LogP contribution in [0.2, 0.25) is 0 Å². The van der Waals surface area contributed by atoms with Crippen LogP contribution in [0.5, 0.6) is 5.75 Å². The molecule has 3 rings (SSSR count). The number of nitrogens with one attached hydrogen (secondary N) is 1. The zero-order chi connectivity index (χ0) is 19.3. The number of sulfonamides is 1. The highest BCUT2D eigenvalue weighted by atomic mass is 32.2. The largest absolute Gasteiger partial charge is 0.481 e. The van der Waals surface area contributed by atoms with Crippen molar-refractivity contribution >= 4 is 32.4 Å². The van der Waals surface area contributed by atoms with E-state index in [2.05, 4.69) is 15.5 Å². The number of aromatic nitrogens is 2. The summed E-state index contributed by atoms with van der Waals surface area (Å²) < 4.78 is 32.3. The Hall–Kier alpha value is -2.04. The first kappa shape index (κ1) is 19.7. The zero-order valence-corrected chi connectivity index (χ0v) is 16.6. The van der Waals surface area contributed by atoms with Crippen molar-refractivity contribution in [2.75, 3.05) is 18.4 Å². The quantitative estimate of drug-likeness (QED) is 0.734. The third kappa shape index (κ3) is 5.02. The van der Waals surface area contributed by atoms with Crippen LogP contribution in [0, 0.1) is 0 Å². The number of anilines is 1. The van der Waals surface area contributed by atoms with Crippen molar-refractivity contribution < 1.29 is 17.9 Å².